The van der Waals surface area contributed by atoms with Gasteiger partial charge in [0.05, 0.1) is 22.9 Å². The van der Waals surface area contributed by atoms with Crippen LogP contribution in [0.5, 0.6) is 0 Å². The first-order chi connectivity index (χ1) is 11.1. The number of carbonyl (C=O) groups excluding carboxylic acids is 1. The molecule has 0 fully saturated rings. The molecule has 1 amide bonds. The molecule has 0 saturated carbocycles. The number of nitrogens with two attached hydrogens (primary N) is 1. The van der Waals surface area contributed by atoms with Crippen LogP contribution in [0.15, 0.2) is 52.0 Å². The summed E-state index contributed by atoms with van der Waals surface area (Å²) in [7, 11) is 0. The molecule has 0 spiro atoms. The second kappa shape index (κ2) is 6.89. The lowest BCUT2D eigenvalue weighted by Crippen LogP contribution is -2.19. The minimum atomic E-state index is -0.173. The van der Waals surface area contributed by atoms with E-state index < -0.39 is 0 Å². The van der Waals surface area contributed by atoms with Gasteiger partial charge in [0.25, 0.3) is 0 Å². The molecule has 0 aliphatic rings. The maximum Gasteiger partial charge on any atom is 0.244 e. The molecule has 3 N–H and O–H groups in total. The summed E-state index contributed by atoms with van der Waals surface area (Å²) in [5.41, 5.74) is 10.9. The van der Waals surface area contributed by atoms with E-state index in [1.54, 1.807) is 6.21 Å². The summed E-state index contributed by atoms with van der Waals surface area (Å²) in [5.74, 6) is -0.173. The molecule has 1 heterocycles. The Morgan fingerprint density at radius 1 is 1.35 bits per heavy atom. The number of carbonyl (C=O) groups is 1. The number of rotatable bonds is 4. The second-order valence-corrected chi connectivity index (χ2v) is 6.86. The third-order valence-corrected chi connectivity index (χ3v) is 4.43. The summed E-state index contributed by atoms with van der Waals surface area (Å²) in [4.78, 5) is 16.1. The van der Waals surface area contributed by atoms with Crippen LogP contribution in [0.4, 0.5) is 5.13 Å². The van der Waals surface area contributed by atoms with Crippen molar-refractivity contribution in [2.75, 3.05) is 5.73 Å². The van der Waals surface area contributed by atoms with Crippen LogP contribution in [-0.2, 0) is 11.2 Å². The molecule has 3 aromatic rings. The van der Waals surface area contributed by atoms with E-state index in [4.69, 9.17) is 5.73 Å². The number of hydrazone groups is 1. The van der Waals surface area contributed by atoms with Crippen LogP contribution in [0, 0.1) is 0 Å². The number of nitrogens with zero attached hydrogens (tertiary/aromatic N) is 2. The fraction of sp³-hybridized carbons (Fsp3) is 0.0625. The highest BCUT2D eigenvalue weighted by molar-refractivity contribution is 9.10. The van der Waals surface area contributed by atoms with E-state index in [-0.39, 0.29) is 12.3 Å². The first kappa shape index (κ1) is 15.6. The van der Waals surface area contributed by atoms with Crippen molar-refractivity contribution in [2.24, 2.45) is 5.10 Å². The molecule has 0 radical (unpaired) electrons. The first-order valence-electron chi connectivity index (χ1n) is 6.82. The zero-order valence-electron chi connectivity index (χ0n) is 12.0. The standard InChI is InChI=1S/C16H13BrN4OS/c17-12-3-1-2-11(6-12)9-19-21-15(22)8-10-4-5-13-14(7-10)23-16(18)20-13/h1-7,9H,8H2,(H2,18,20)(H,21,22)/b19-9-. The number of halogens is 1. The molecular weight excluding hydrogens is 376 g/mol. The molecule has 3 rings (SSSR count). The predicted molar refractivity (Wildman–Crippen MR) is 97.6 cm³/mol. The highest BCUT2D eigenvalue weighted by Crippen LogP contribution is 2.24. The van der Waals surface area contributed by atoms with Gasteiger partial charge in [-0.1, -0.05) is 45.5 Å². The minimum Gasteiger partial charge on any atom is -0.375 e. The Hall–Kier alpha value is -2.25. The summed E-state index contributed by atoms with van der Waals surface area (Å²) in [6, 6.07) is 13.3. The van der Waals surface area contributed by atoms with Crippen LogP contribution in [0.2, 0.25) is 0 Å². The molecule has 0 unspecified atom stereocenters. The molecule has 116 valence electrons. The summed E-state index contributed by atoms with van der Waals surface area (Å²) < 4.78 is 1.94. The van der Waals surface area contributed by atoms with E-state index in [1.807, 2.05) is 42.5 Å². The second-order valence-electron chi connectivity index (χ2n) is 4.88. The SMILES string of the molecule is Nc1nc2ccc(CC(=O)N/N=C\c3cccc(Br)c3)cc2s1. The predicted octanol–water partition coefficient (Wildman–Crippen LogP) is 3.33. The van der Waals surface area contributed by atoms with Crippen LogP contribution >= 0.6 is 27.3 Å². The van der Waals surface area contributed by atoms with Crippen LogP contribution < -0.4 is 11.2 Å². The van der Waals surface area contributed by atoms with Crippen molar-refractivity contribution in [1.29, 1.82) is 0 Å². The fourth-order valence-electron chi connectivity index (χ4n) is 2.09. The molecular formula is C16H13BrN4OS. The number of hydrogen-bond donors (Lipinski definition) is 2. The minimum absolute atomic E-state index is 0.173. The summed E-state index contributed by atoms with van der Waals surface area (Å²) in [6.07, 6.45) is 1.86. The number of anilines is 1. The van der Waals surface area contributed by atoms with Gasteiger partial charge in [0.1, 0.15) is 0 Å². The molecule has 5 nitrogen and oxygen atoms in total. The summed E-state index contributed by atoms with van der Waals surface area (Å²) in [5, 5.41) is 4.50. The molecule has 0 bridgehead atoms. The van der Waals surface area contributed by atoms with Gasteiger partial charge in [-0.2, -0.15) is 5.10 Å². The van der Waals surface area contributed by atoms with Crippen molar-refractivity contribution in [3.8, 4) is 0 Å². The van der Waals surface area contributed by atoms with Gasteiger partial charge in [0.2, 0.25) is 5.91 Å². The molecule has 0 atom stereocenters. The van der Waals surface area contributed by atoms with Crippen molar-refractivity contribution >= 4 is 54.7 Å². The topological polar surface area (TPSA) is 80.4 Å². The molecule has 0 aliphatic carbocycles. The number of nitrogens with one attached hydrogen (secondary N) is 1. The summed E-state index contributed by atoms with van der Waals surface area (Å²) in [6.45, 7) is 0. The van der Waals surface area contributed by atoms with Gasteiger partial charge in [0, 0.05) is 4.47 Å². The highest BCUT2D eigenvalue weighted by Gasteiger charge is 2.06. The van der Waals surface area contributed by atoms with Gasteiger partial charge in [-0.15, -0.1) is 0 Å². The monoisotopic (exact) mass is 388 g/mol. The molecule has 0 aliphatic heterocycles. The number of benzene rings is 2. The van der Waals surface area contributed by atoms with Gasteiger partial charge in [-0.3, -0.25) is 4.79 Å². The van der Waals surface area contributed by atoms with Crippen LogP contribution in [0.3, 0.4) is 0 Å². The molecule has 1 aromatic heterocycles. The van der Waals surface area contributed by atoms with E-state index in [1.165, 1.54) is 11.3 Å². The normalized spacial score (nSPS) is 11.2. The third kappa shape index (κ3) is 4.14. The van der Waals surface area contributed by atoms with E-state index in [0.29, 0.717) is 5.13 Å². The van der Waals surface area contributed by atoms with Gasteiger partial charge in [0.15, 0.2) is 5.13 Å². The van der Waals surface area contributed by atoms with Crippen molar-refractivity contribution in [2.45, 2.75) is 6.42 Å². The van der Waals surface area contributed by atoms with Crippen molar-refractivity contribution in [3.63, 3.8) is 0 Å². The number of thiazole rings is 1. The van der Waals surface area contributed by atoms with E-state index in [0.717, 1.165) is 25.8 Å². The quantitative estimate of drug-likeness (QED) is 0.531. The maximum atomic E-state index is 11.9. The van der Waals surface area contributed by atoms with Crippen LogP contribution in [0.1, 0.15) is 11.1 Å². The number of nitrogen functional groups attached to an aromatic ring is 1. The highest BCUT2D eigenvalue weighted by atomic mass is 79.9. The average molecular weight is 389 g/mol. The van der Waals surface area contributed by atoms with Crippen molar-refractivity contribution < 1.29 is 4.79 Å². The number of aromatic nitrogens is 1. The van der Waals surface area contributed by atoms with Crippen LogP contribution in [-0.4, -0.2) is 17.1 Å². The van der Waals surface area contributed by atoms with E-state index in [9.17, 15) is 4.79 Å². The zero-order valence-corrected chi connectivity index (χ0v) is 14.4. The largest absolute Gasteiger partial charge is 0.375 e. The molecule has 0 saturated heterocycles. The Labute approximate surface area is 145 Å². The molecule has 7 heteroatoms. The number of hydrogen-bond acceptors (Lipinski definition) is 5. The number of amides is 1. The van der Waals surface area contributed by atoms with Gasteiger partial charge in [-0.25, -0.2) is 10.4 Å². The Morgan fingerprint density at radius 2 is 2.22 bits per heavy atom. The smallest absolute Gasteiger partial charge is 0.244 e. The van der Waals surface area contributed by atoms with Gasteiger partial charge >= 0.3 is 0 Å². The fourth-order valence-corrected chi connectivity index (χ4v) is 3.30. The van der Waals surface area contributed by atoms with E-state index >= 15 is 0 Å². The van der Waals surface area contributed by atoms with Gasteiger partial charge < -0.3 is 5.73 Å². The van der Waals surface area contributed by atoms with Crippen molar-refractivity contribution in [3.05, 3.63) is 58.1 Å². The molecule has 2 aromatic carbocycles. The lowest BCUT2D eigenvalue weighted by Gasteiger charge is -2.01. The first-order valence-corrected chi connectivity index (χ1v) is 8.43. The Balaban J connectivity index is 1.61. The Morgan fingerprint density at radius 3 is 3.04 bits per heavy atom. The van der Waals surface area contributed by atoms with Gasteiger partial charge in [-0.05, 0) is 35.4 Å². The Bertz CT molecular complexity index is 891. The zero-order chi connectivity index (χ0) is 16.2. The molecule has 23 heavy (non-hydrogen) atoms. The number of fused-ring (bicyclic) bond motifs is 1. The summed E-state index contributed by atoms with van der Waals surface area (Å²) >= 11 is 4.80. The average Bonchev–Trinajstić information content (AvgIpc) is 2.86. The van der Waals surface area contributed by atoms with E-state index in [2.05, 4.69) is 31.4 Å². The lowest BCUT2D eigenvalue weighted by molar-refractivity contribution is -0.120. The van der Waals surface area contributed by atoms with Crippen molar-refractivity contribution in [1.82, 2.24) is 10.4 Å². The van der Waals surface area contributed by atoms with Crippen LogP contribution in [0.25, 0.3) is 10.2 Å². The Kier molecular flexibility index (Phi) is 4.68. The lowest BCUT2D eigenvalue weighted by atomic mass is 10.1. The maximum absolute atomic E-state index is 11.9. The third-order valence-electron chi connectivity index (χ3n) is 3.09.